The molecule has 0 unspecified atom stereocenters. The number of hydrogen-bond acceptors (Lipinski definition) is 8. The van der Waals surface area contributed by atoms with E-state index >= 15 is 0 Å². The maximum Gasteiger partial charge on any atom is 2.00 e. The minimum Gasteiger partial charge on any atom is -0.542 e. The third-order valence-corrected chi connectivity index (χ3v) is 1.27. The molecule has 0 rings (SSSR count). The Morgan fingerprint density at radius 3 is 0.947 bits per heavy atom. The first-order valence-electron chi connectivity index (χ1n) is 4.55. The van der Waals surface area contributed by atoms with Crippen molar-refractivity contribution < 1.29 is 39.0 Å². The summed E-state index contributed by atoms with van der Waals surface area (Å²) in [5.41, 5.74) is 0. The van der Waals surface area contributed by atoms with Crippen LogP contribution in [0.3, 0.4) is 0 Å². The number of carboxylic acid groups (broad SMARTS) is 2. The largest absolute Gasteiger partial charge is 2.00 e. The van der Waals surface area contributed by atoms with E-state index in [4.69, 9.17) is 0 Å². The Balaban J connectivity index is -0.000000256. The number of carbonyl (C=O) groups is 6. The molecule has 0 aliphatic heterocycles. The van der Waals surface area contributed by atoms with Gasteiger partial charge in [0.15, 0.2) is 11.6 Å². The molecule has 0 aliphatic rings. The van der Waals surface area contributed by atoms with Gasteiger partial charge in [0.1, 0.15) is 23.5 Å². The van der Waals surface area contributed by atoms with Crippen molar-refractivity contribution in [2.45, 2.75) is 26.7 Å². The van der Waals surface area contributed by atoms with Crippen molar-refractivity contribution in [2.75, 3.05) is 0 Å². The second kappa shape index (κ2) is 11.5. The number of carbonyl (C=O) groups excluding carboxylic acids is 6. The third-order valence-electron chi connectivity index (χ3n) is 1.27. The first kappa shape index (κ1) is 22.6. The van der Waals surface area contributed by atoms with E-state index in [-0.39, 0.29) is 23.1 Å². The molecular weight excluding hydrogens is 272 g/mol. The summed E-state index contributed by atoms with van der Waals surface area (Å²) in [4.78, 5) is 59.5. The fraction of sp³-hybridized carbons (Fsp3) is 0.400. The fourth-order valence-corrected chi connectivity index (χ4v) is 0.597. The summed E-state index contributed by atoms with van der Waals surface area (Å²) in [5, 5.41) is 19.2. The Hall–Kier alpha value is -1.61. The Kier molecular flexibility index (Phi) is 13.6. The fourth-order valence-electron chi connectivity index (χ4n) is 0.597. The summed E-state index contributed by atoms with van der Waals surface area (Å²) in [5.74, 6) is -6.87. The van der Waals surface area contributed by atoms with Gasteiger partial charge in [-0.3, -0.25) is 19.2 Å². The van der Waals surface area contributed by atoms with Gasteiger partial charge in [0.2, 0.25) is 0 Å². The Morgan fingerprint density at radius 1 is 0.684 bits per heavy atom. The second-order valence-electron chi connectivity index (χ2n) is 3.18. The zero-order chi connectivity index (χ0) is 14.9. The smallest absolute Gasteiger partial charge is 0.542 e. The summed E-state index contributed by atoms with van der Waals surface area (Å²) in [6, 6.07) is 0. The molecule has 0 spiro atoms. The number of carboxylic acids is 2. The van der Waals surface area contributed by atoms with Crippen molar-refractivity contribution in [2.24, 2.45) is 0 Å². The molecule has 19 heavy (non-hydrogen) atoms. The molecule has 0 aliphatic carbocycles. The second-order valence-corrected chi connectivity index (χ2v) is 3.18. The monoisotopic (exact) mass is 282 g/mol. The van der Waals surface area contributed by atoms with E-state index in [1.54, 1.807) is 0 Å². The molecule has 0 saturated heterocycles. The molecule has 0 radical (unpaired) electrons. The number of hydrogen-bond donors (Lipinski definition) is 0. The summed E-state index contributed by atoms with van der Waals surface area (Å²) >= 11 is 0. The van der Waals surface area contributed by atoms with Crippen LogP contribution >= 0.6 is 0 Å². The van der Waals surface area contributed by atoms with Gasteiger partial charge in [-0.15, -0.1) is 0 Å². The van der Waals surface area contributed by atoms with E-state index in [1.807, 2.05) is 0 Å². The molecule has 0 aromatic rings. The van der Waals surface area contributed by atoms with Crippen LogP contribution in [-0.2, 0) is 28.8 Å². The Bertz CT molecular complexity index is 360. The molecule has 0 N–H and O–H groups in total. The summed E-state index contributed by atoms with van der Waals surface area (Å²) < 4.78 is 0. The van der Waals surface area contributed by atoms with Crippen molar-refractivity contribution in [3.8, 4) is 0 Å². The van der Waals surface area contributed by atoms with E-state index < -0.39 is 47.9 Å². The van der Waals surface area contributed by atoms with Crippen molar-refractivity contribution in [1.29, 1.82) is 0 Å². The molecule has 0 fully saturated rings. The number of ketones is 4. The van der Waals surface area contributed by atoms with E-state index in [0.29, 0.717) is 0 Å². The third kappa shape index (κ3) is 16.4. The minimum atomic E-state index is -1.80. The zero-order valence-electron chi connectivity index (χ0n) is 10.4. The number of rotatable bonds is 6. The van der Waals surface area contributed by atoms with Crippen LogP contribution in [0.1, 0.15) is 26.7 Å². The van der Waals surface area contributed by atoms with Gasteiger partial charge in [-0.1, -0.05) is 0 Å². The number of aliphatic carboxylic acids is 2. The predicted octanol–water partition coefficient (Wildman–Crippen LogP) is -3.81. The molecule has 0 heterocycles. The van der Waals surface area contributed by atoms with Crippen molar-refractivity contribution >= 4 is 58.1 Å². The molecule has 9 heteroatoms. The van der Waals surface area contributed by atoms with Crippen LogP contribution in [0.2, 0.25) is 0 Å². The van der Waals surface area contributed by atoms with Crippen LogP contribution in [0.4, 0.5) is 0 Å². The Labute approximate surface area is 124 Å². The predicted molar refractivity (Wildman–Crippen MR) is 56.4 cm³/mol. The van der Waals surface area contributed by atoms with E-state index in [2.05, 4.69) is 0 Å². The average molecular weight is 282 g/mol. The van der Waals surface area contributed by atoms with Crippen LogP contribution < -0.4 is 10.2 Å². The SMILES string of the molecule is CC(=O)CC(=O)C(=O)[O-].CC(=O)CC(=O)C(=O)[O-].[Mg+2]. The van der Waals surface area contributed by atoms with Gasteiger partial charge < -0.3 is 19.8 Å². The quantitative estimate of drug-likeness (QED) is 0.273. The molecule has 0 bridgehead atoms. The van der Waals surface area contributed by atoms with E-state index in [9.17, 15) is 39.0 Å². The average Bonchev–Trinajstić information content (AvgIpc) is 2.16. The van der Waals surface area contributed by atoms with Crippen LogP contribution in [0.25, 0.3) is 0 Å². The summed E-state index contributed by atoms with van der Waals surface area (Å²) in [7, 11) is 0. The van der Waals surface area contributed by atoms with Crippen molar-refractivity contribution in [3.05, 3.63) is 0 Å². The van der Waals surface area contributed by atoms with E-state index in [0.717, 1.165) is 13.8 Å². The van der Waals surface area contributed by atoms with Crippen LogP contribution in [0.15, 0.2) is 0 Å². The molecular formula is C10H10MgO8. The van der Waals surface area contributed by atoms with E-state index in [1.165, 1.54) is 0 Å². The van der Waals surface area contributed by atoms with Gasteiger partial charge in [0, 0.05) is 0 Å². The standard InChI is InChI=1S/2C5H6O4.Mg/c2*1-3(6)2-4(7)5(8)9;/h2*2H2,1H3,(H,8,9);/q;;+2/p-2. The molecule has 0 amide bonds. The molecule has 0 aromatic carbocycles. The summed E-state index contributed by atoms with van der Waals surface area (Å²) in [6.07, 6.45) is -1.13. The van der Waals surface area contributed by atoms with Gasteiger partial charge in [-0.2, -0.15) is 0 Å². The zero-order valence-corrected chi connectivity index (χ0v) is 11.8. The van der Waals surface area contributed by atoms with Crippen LogP contribution in [0.5, 0.6) is 0 Å². The van der Waals surface area contributed by atoms with Gasteiger partial charge in [-0.25, -0.2) is 0 Å². The molecule has 0 atom stereocenters. The molecule has 0 saturated carbocycles. The molecule has 8 nitrogen and oxygen atoms in total. The Morgan fingerprint density at radius 2 is 0.895 bits per heavy atom. The topological polar surface area (TPSA) is 149 Å². The molecule has 0 aromatic heterocycles. The molecule has 100 valence electrons. The maximum absolute atomic E-state index is 10.1. The van der Waals surface area contributed by atoms with Gasteiger partial charge in [0.05, 0.1) is 12.8 Å². The van der Waals surface area contributed by atoms with Crippen LogP contribution in [-0.4, -0.2) is 58.1 Å². The van der Waals surface area contributed by atoms with Crippen molar-refractivity contribution in [3.63, 3.8) is 0 Å². The van der Waals surface area contributed by atoms with Crippen molar-refractivity contribution in [1.82, 2.24) is 0 Å². The minimum absolute atomic E-state index is 0. The van der Waals surface area contributed by atoms with Gasteiger partial charge in [-0.05, 0) is 13.8 Å². The van der Waals surface area contributed by atoms with Crippen LogP contribution in [0, 0.1) is 0 Å². The number of Topliss-reactive ketones (excluding diaryl/α,β-unsaturated/α-hetero) is 4. The first-order chi connectivity index (χ1) is 8.07. The van der Waals surface area contributed by atoms with Gasteiger partial charge >= 0.3 is 23.1 Å². The first-order valence-corrected chi connectivity index (χ1v) is 4.55. The maximum atomic E-state index is 10.1. The van der Waals surface area contributed by atoms with Gasteiger partial charge in [0.25, 0.3) is 0 Å². The normalized spacial score (nSPS) is 8.11. The summed E-state index contributed by atoms with van der Waals surface area (Å²) in [6.45, 7) is 2.28.